The first kappa shape index (κ1) is 21.0. The fraction of sp³-hybridized carbons (Fsp3) is 0.115. The molecule has 1 N–H and O–H groups in total. The van der Waals surface area contributed by atoms with Gasteiger partial charge in [-0.25, -0.2) is 0 Å². The quantitative estimate of drug-likeness (QED) is 0.386. The van der Waals surface area contributed by atoms with Crippen LogP contribution in [0.1, 0.15) is 33.4 Å². The van der Waals surface area contributed by atoms with Crippen molar-refractivity contribution < 1.29 is 19.1 Å². The molecule has 164 valence electrons. The van der Waals surface area contributed by atoms with E-state index in [0.29, 0.717) is 27.4 Å². The highest BCUT2D eigenvalue weighted by molar-refractivity contribution is 6.31. The zero-order chi connectivity index (χ0) is 23.3. The molecule has 1 aliphatic heterocycles. The minimum absolute atomic E-state index is 0.00415. The van der Waals surface area contributed by atoms with E-state index in [-0.39, 0.29) is 11.3 Å². The van der Waals surface area contributed by atoms with Crippen LogP contribution in [-0.4, -0.2) is 21.8 Å². The maximum atomic E-state index is 13.6. The molecule has 7 heteroatoms. The molecular weight excluding hydrogens is 440 g/mol. The van der Waals surface area contributed by atoms with Gasteiger partial charge in [-0.05, 0) is 73.5 Å². The Morgan fingerprint density at radius 2 is 1.88 bits per heavy atom. The smallest absolute Gasteiger partial charge is 0.294 e. The van der Waals surface area contributed by atoms with Gasteiger partial charge in [-0.15, -0.1) is 0 Å². The summed E-state index contributed by atoms with van der Waals surface area (Å²) in [5.74, 6) is -1.87. The second-order valence-electron chi connectivity index (χ2n) is 7.99. The van der Waals surface area contributed by atoms with Crippen LogP contribution in [0.25, 0.3) is 11.0 Å². The third-order valence-electron chi connectivity index (χ3n) is 5.89. The summed E-state index contributed by atoms with van der Waals surface area (Å²) in [5.41, 5.74) is 3.46. The SMILES string of the molecule is Cc1ccc(N2C(=O)C(O)=C(C(=O)c3cc4cc(Cl)ccc4o3)C2c2ccccn2)cc1C. The standard InChI is InChI=1S/C26H19ClN2O4/c1-14-6-8-18(11-15(14)2)29-23(19-5-3-4-10-28-19)22(25(31)26(29)32)24(30)21-13-16-12-17(27)7-9-20(16)33-21/h3-13,23,31H,1-2H3. The van der Waals surface area contributed by atoms with Crippen LogP contribution < -0.4 is 4.90 Å². The Balaban J connectivity index is 1.66. The average Bonchev–Trinajstić information content (AvgIpc) is 3.34. The molecule has 1 atom stereocenters. The van der Waals surface area contributed by atoms with Crippen LogP contribution in [0, 0.1) is 13.8 Å². The molecule has 1 aliphatic rings. The van der Waals surface area contributed by atoms with Gasteiger partial charge in [0.1, 0.15) is 11.6 Å². The van der Waals surface area contributed by atoms with Gasteiger partial charge in [-0.3, -0.25) is 19.5 Å². The van der Waals surface area contributed by atoms with Crippen molar-refractivity contribution in [3.63, 3.8) is 0 Å². The van der Waals surface area contributed by atoms with Gasteiger partial charge in [0, 0.05) is 22.3 Å². The Bertz CT molecular complexity index is 1460. The lowest BCUT2D eigenvalue weighted by molar-refractivity contribution is -0.117. The molecule has 3 heterocycles. The number of Topliss-reactive ketones (excluding diaryl/α,β-unsaturated/α-hetero) is 1. The van der Waals surface area contributed by atoms with Crippen LogP contribution in [0.5, 0.6) is 0 Å². The van der Waals surface area contributed by atoms with Crippen molar-refractivity contribution in [1.29, 1.82) is 0 Å². The summed E-state index contributed by atoms with van der Waals surface area (Å²) in [5, 5.41) is 12.0. The fourth-order valence-corrected chi connectivity index (χ4v) is 4.24. The highest BCUT2D eigenvalue weighted by Gasteiger charge is 2.46. The van der Waals surface area contributed by atoms with Crippen LogP contribution >= 0.6 is 11.6 Å². The van der Waals surface area contributed by atoms with E-state index in [1.54, 1.807) is 54.7 Å². The predicted octanol–water partition coefficient (Wildman–Crippen LogP) is 5.88. The van der Waals surface area contributed by atoms with Crippen molar-refractivity contribution in [3.05, 3.63) is 106 Å². The molecule has 5 rings (SSSR count). The van der Waals surface area contributed by atoms with Crippen molar-refractivity contribution in [3.8, 4) is 0 Å². The third kappa shape index (κ3) is 3.49. The number of hydrogen-bond acceptors (Lipinski definition) is 5. The summed E-state index contributed by atoms with van der Waals surface area (Å²) in [6.45, 7) is 3.91. The van der Waals surface area contributed by atoms with Crippen molar-refractivity contribution in [2.24, 2.45) is 0 Å². The second kappa shape index (κ2) is 7.90. The topological polar surface area (TPSA) is 83.6 Å². The number of aryl methyl sites for hydroxylation is 2. The number of furan rings is 1. The summed E-state index contributed by atoms with van der Waals surface area (Å²) in [6.07, 6.45) is 1.58. The number of aliphatic hydroxyl groups is 1. The number of nitrogens with zero attached hydrogens (tertiary/aromatic N) is 2. The molecule has 0 saturated heterocycles. The van der Waals surface area contributed by atoms with E-state index in [0.717, 1.165) is 11.1 Å². The van der Waals surface area contributed by atoms with E-state index in [4.69, 9.17) is 16.0 Å². The number of carbonyl (C=O) groups is 2. The predicted molar refractivity (Wildman–Crippen MR) is 126 cm³/mol. The van der Waals surface area contributed by atoms with Crippen molar-refractivity contribution >= 4 is 39.9 Å². The number of aliphatic hydroxyl groups excluding tert-OH is 1. The molecule has 4 aromatic rings. The molecule has 2 aromatic heterocycles. The van der Waals surface area contributed by atoms with Gasteiger partial charge in [-0.2, -0.15) is 0 Å². The average molecular weight is 459 g/mol. The zero-order valence-electron chi connectivity index (χ0n) is 17.9. The Morgan fingerprint density at radius 1 is 1.06 bits per heavy atom. The third-order valence-corrected chi connectivity index (χ3v) is 6.13. The number of rotatable bonds is 4. The normalized spacial score (nSPS) is 16.2. The molecule has 0 fully saturated rings. The maximum Gasteiger partial charge on any atom is 0.294 e. The number of halogens is 1. The minimum atomic E-state index is -0.912. The number of amides is 1. The Hall–Kier alpha value is -3.90. The molecule has 2 aromatic carbocycles. The van der Waals surface area contributed by atoms with Crippen LogP contribution in [0.3, 0.4) is 0 Å². The largest absolute Gasteiger partial charge is 0.503 e. The van der Waals surface area contributed by atoms with E-state index in [1.807, 2.05) is 26.0 Å². The molecule has 1 amide bonds. The monoisotopic (exact) mass is 458 g/mol. The molecule has 6 nitrogen and oxygen atoms in total. The maximum absolute atomic E-state index is 13.6. The van der Waals surface area contributed by atoms with Crippen LogP contribution in [0.2, 0.25) is 5.02 Å². The fourth-order valence-electron chi connectivity index (χ4n) is 4.06. The number of fused-ring (bicyclic) bond motifs is 1. The molecule has 0 radical (unpaired) electrons. The number of benzene rings is 2. The van der Waals surface area contributed by atoms with Gasteiger partial charge >= 0.3 is 0 Å². The Kier molecular flexibility index (Phi) is 5.02. The summed E-state index contributed by atoms with van der Waals surface area (Å²) in [7, 11) is 0. The summed E-state index contributed by atoms with van der Waals surface area (Å²) >= 11 is 6.06. The van der Waals surface area contributed by atoms with Crippen LogP contribution in [0.15, 0.2) is 82.6 Å². The van der Waals surface area contributed by atoms with Gasteiger partial charge in [0.2, 0.25) is 5.78 Å². The van der Waals surface area contributed by atoms with Crippen molar-refractivity contribution in [2.45, 2.75) is 19.9 Å². The minimum Gasteiger partial charge on any atom is -0.503 e. The number of carbonyl (C=O) groups excluding carboxylic acids is 2. The number of aromatic nitrogens is 1. The molecule has 0 spiro atoms. The molecule has 1 unspecified atom stereocenters. The first-order valence-electron chi connectivity index (χ1n) is 10.3. The van der Waals surface area contributed by atoms with E-state index >= 15 is 0 Å². The summed E-state index contributed by atoms with van der Waals surface area (Å²) < 4.78 is 5.74. The highest BCUT2D eigenvalue weighted by atomic mass is 35.5. The lowest BCUT2D eigenvalue weighted by Crippen LogP contribution is -2.31. The molecule has 0 aliphatic carbocycles. The second-order valence-corrected chi connectivity index (χ2v) is 8.42. The number of hydrogen-bond donors (Lipinski definition) is 1. The lowest BCUT2D eigenvalue weighted by Gasteiger charge is -2.26. The van der Waals surface area contributed by atoms with E-state index in [2.05, 4.69) is 4.98 Å². The van der Waals surface area contributed by atoms with Gasteiger partial charge in [0.15, 0.2) is 11.5 Å². The Morgan fingerprint density at radius 3 is 2.61 bits per heavy atom. The number of pyridine rings is 1. The highest BCUT2D eigenvalue weighted by Crippen LogP contribution is 2.42. The molecular formula is C26H19ClN2O4. The number of anilines is 1. The van der Waals surface area contributed by atoms with Gasteiger partial charge in [0.25, 0.3) is 5.91 Å². The van der Waals surface area contributed by atoms with E-state index < -0.39 is 23.5 Å². The Labute approximate surface area is 194 Å². The van der Waals surface area contributed by atoms with E-state index in [9.17, 15) is 14.7 Å². The van der Waals surface area contributed by atoms with Crippen molar-refractivity contribution in [1.82, 2.24) is 4.98 Å². The molecule has 0 saturated carbocycles. The molecule has 0 bridgehead atoms. The summed E-state index contributed by atoms with van der Waals surface area (Å²) in [4.78, 5) is 32.6. The lowest BCUT2D eigenvalue weighted by atomic mass is 9.97. The van der Waals surface area contributed by atoms with Gasteiger partial charge in [0.05, 0.1) is 11.3 Å². The summed E-state index contributed by atoms with van der Waals surface area (Å²) in [6, 6.07) is 16.4. The van der Waals surface area contributed by atoms with Crippen molar-refractivity contribution in [2.75, 3.05) is 4.90 Å². The first-order valence-corrected chi connectivity index (χ1v) is 10.7. The van der Waals surface area contributed by atoms with E-state index in [1.165, 1.54) is 4.90 Å². The number of ketones is 1. The zero-order valence-corrected chi connectivity index (χ0v) is 18.6. The van der Waals surface area contributed by atoms with Crippen LogP contribution in [0.4, 0.5) is 5.69 Å². The molecule has 33 heavy (non-hydrogen) atoms. The van der Waals surface area contributed by atoms with Gasteiger partial charge < -0.3 is 9.52 Å². The van der Waals surface area contributed by atoms with Crippen LogP contribution in [-0.2, 0) is 4.79 Å². The first-order chi connectivity index (χ1) is 15.8. The van der Waals surface area contributed by atoms with Gasteiger partial charge in [-0.1, -0.05) is 23.7 Å².